The van der Waals surface area contributed by atoms with E-state index in [0.29, 0.717) is 11.4 Å². The van der Waals surface area contributed by atoms with Crippen LogP contribution in [0.4, 0.5) is 4.39 Å². The lowest BCUT2D eigenvalue weighted by Crippen LogP contribution is -2.15. The van der Waals surface area contributed by atoms with Crippen molar-refractivity contribution in [2.24, 2.45) is 0 Å². The summed E-state index contributed by atoms with van der Waals surface area (Å²) >= 11 is 0. The summed E-state index contributed by atoms with van der Waals surface area (Å²) in [5.41, 5.74) is 1.89. The van der Waals surface area contributed by atoms with Crippen molar-refractivity contribution in [3.05, 3.63) is 59.0 Å². The maximum Gasteiger partial charge on any atom is 0.214 e. The minimum atomic E-state index is -0.299. The summed E-state index contributed by atoms with van der Waals surface area (Å²) in [6.07, 6.45) is 0. The van der Waals surface area contributed by atoms with Gasteiger partial charge in [0.1, 0.15) is 12.4 Å². The van der Waals surface area contributed by atoms with Crippen LogP contribution in [-0.2, 0) is 18.6 Å². The third-order valence-electron chi connectivity index (χ3n) is 3.15. The minimum Gasteiger partial charge on any atom is -0.473 e. The van der Waals surface area contributed by atoms with Crippen molar-refractivity contribution >= 4 is 0 Å². The van der Waals surface area contributed by atoms with Crippen molar-refractivity contribution in [2.75, 3.05) is 0 Å². The smallest absolute Gasteiger partial charge is 0.214 e. The van der Waals surface area contributed by atoms with E-state index in [2.05, 4.69) is 4.98 Å². The minimum absolute atomic E-state index is 0.0817. The van der Waals surface area contributed by atoms with Gasteiger partial charge in [-0.1, -0.05) is 39.0 Å². The second-order valence-electron chi connectivity index (χ2n) is 5.99. The summed E-state index contributed by atoms with van der Waals surface area (Å²) in [5, 5.41) is 9.34. The van der Waals surface area contributed by atoms with E-state index in [1.165, 1.54) is 6.07 Å². The third-order valence-corrected chi connectivity index (χ3v) is 3.15. The molecule has 0 fully saturated rings. The van der Waals surface area contributed by atoms with Gasteiger partial charge in [-0.2, -0.15) is 0 Å². The summed E-state index contributed by atoms with van der Waals surface area (Å²) in [4.78, 5) is 4.44. The van der Waals surface area contributed by atoms with Crippen LogP contribution in [0.3, 0.4) is 0 Å². The number of ether oxygens (including phenoxy) is 1. The molecule has 2 aromatic rings. The van der Waals surface area contributed by atoms with E-state index in [4.69, 9.17) is 4.74 Å². The van der Waals surface area contributed by atoms with Crippen molar-refractivity contribution in [3.63, 3.8) is 0 Å². The van der Waals surface area contributed by atoms with Gasteiger partial charge in [0.15, 0.2) is 0 Å². The predicted molar refractivity (Wildman–Crippen MR) is 79.6 cm³/mol. The molecule has 1 N–H and O–H groups in total. The highest BCUT2D eigenvalue weighted by atomic mass is 19.1. The molecule has 0 saturated carbocycles. The van der Waals surface area contributed by atoms with E-state index < -0.39 is 0 Å². The topological polar surface area (TPSA) is 42.4 Å². The fourth-order valence-electron chi connectivity index (χ4n) is 1.88. The molecule has 112 valence electrons. The number of aromatic nitrogens is 1. The molecule has 0 amide bonds. The molecule has 0 unspecified atom stereocenters. The molecule has 3 nitrogen and oxygen atoms in total. The monoisotopic (exact) mass is 289 g/mol. The van der Waals surface area contributed by atoms with E-state index in [9.17, 15) is 9.50 Å². The van der Waals surface area contributed by atoms with Crippen LogP contribution >= 0.6 is 0 Å². The van der Waals surface area contributed by atoms with Crippen molar-refractivity contribution in [1.82, 2.24) is 4.98 Å². The van der Waals surface area contributed by atoms with Crippen LogP contribution in [0.1, 0.15) is 37.6 Å². The fraction of sp³-hybridized carbons (Fsp3) is 0.353. The zero-order valence-electron chi connectivity index (χ0n) is 12.6. The maximum absolute atomic E-state index is 13.6. The average molecular weight is 289 g/mol. The summed E-state index contributed by atoms with van der Waals surface area (Å²) in [7, 11) is 0. The van der Waals surface area contributed by atoms with Crippen LogP contribution in [0.5, 0.6) is 5.88 Å². The molecule has 1 aromatic heterocycles. The van der Waals surface area contributed by atoms with Gasteiger partial charge < -0.3 is 9.84 Å². The van der Waals surface area contributed by atoms with Crippen LogP contribution in [0, 0.1) is 5.82 Å². The van der Waals surface area contributed by atoms with Crippen molar-refractivity contribution in [2.45, 2.75) is 39.4 Å². The maximum atomic E-state index is 13.6. The van der Waals surface area contributed by atoms with Crippen LogP contribution in [0.2, 0.25) is 0 Å². The molecule has 0 spiro atoms. The SMILES string of the molecule is CC(C)(C)c1cc(CO)cc(OCc2ccccc2F)n1. The van der Waals surface area contributed by atoms with Gasteiger partial charge in [-0.3, -0.25) is 0 Å². The molecule has 0 aliphatic rings. The number of hydrogen-bond donors (Lipinski definition) is 1. The first-order valence-corrected chi connectivity index (χ1v) is 6.88. The number of benzene rings is 1. The van der Waals surface area contributed by atoms with Gasteiger partial charge in [0, 0.05) is 17.0 Å². The lowest BCUT2D eigenvalue weighted by Gasteiger charge is -2.19. The molecule has 2 rings (SSSR count). The zero-order chi connectivity index (χ0) is 15.5. The second-order valence-corrected chi connectivity index (χ2v) is 5.99. The third kappa shape index (κ3) is 4.02. The molecule has 0 aliphatic carbocycles. The Bertz CT molecular complexity index is 620. The first-order valence-electron chi connectivity index (χ1n) is 6.88. The first kappa shape index (κ1) is 15.4. The number of halogens is 1. The van der Waals surface area contributed by atoms with Crippen LogP contribution in [-0.4, -0.2) is 10.1 Å². The van der Waals surface area contributed by atoms with Gasteiger partial charge in [0.2, 0.25) is 5.88 Å². The number of aliphatic hydroxyl groups is 1. The fourth-order valence-corrected chi connectivity index (χ4v) is 1.88. The molecule has 0 bridgehead atoms. The summed E-state index contributed by atoms with van der Waals surface area (Å²) in [6, 6.07) is 10.0. The predicted octanol–water partition coefficient (Wildman–Crippen LogP) is 3.59. The summed E-state index contributed by atoms with van der Waals surface area (Å²) in [5.74, 6) is 0.0987. The van der Waals surface area contributed by atoms with Crippen LogP contribution in [0.25, 0.3) is 0 Å². The number of hydrogen-bond acceptors (Lipinski definition) is 3. The lowest BCUT2D eigenvalue weighted by atomic mass is 9.91. The lowest BCUT2D eigenvalue weighted by molar-refractivity contribution is 0.271. The van der Waals surface area contributed by atoms with E-state index in [0.717, 1.165) is 11.3 Å². The molecule has 1 heterocycles. The van der Waals surface area contributed by atoms with Gasteiger partial charge in [0.05, 0.1) is 12.3 Å². The number of aliphatic hydroxyl groups excluding tert-OH is 1. The van der Waals surface area contributed by atoms with E-state index in [1.807, 2.05) is 26.8 Å². The number of rotatable bonds is 4. The molecular formula is C17H20FNO2. The van der Waals surface area contributed by atoms with Gasteiger partial charge in [-0.15, -0.1) is 0 Å². The van der Waals surface area contributed by atoms with Crippen molar-refractivity contribution in [3.8, 4) is 5.88 Å². The van der Waals surface area contributed by atoms with Gasteiger partial charge in [-0.05, 0) is 17.7 Å². The van der Waals surface area contributed by atoms with Crippen LogP contribution < -0.4 is 4.74 Å². The van der Waals surface area contributed by atoms with Gasteiger partial charge in [0.25, 0.3) is 0 Å². The highest BCUT2D eigenvalue weighted by Gasteiger charge is 2.17. The van der Waals surface area contributed by atoms with E-state index in [1.54, 1.807) is 24.3 Å². The Kier molecular flexibility index (Phi) is 4.58. The Morgan fingerprint density at radius 3 is 2.52 bits per heavy atom. The molecular weight excluding hydrogens is 269 g/mol. The molecule has 4 heteroatoms. The van der Waals surface area contributed by atoms with E-state index in [-0.39, 0.29) is 24.4 Å². The second kappa shape index (κ2) is 6.22. The summed E-state index contributed by atoms with van der Waals surface area (Å²) in [6.45, 7) is 6.14. The Balaban J connectivity index is 2.22. The average Bonchev–Trinajstić information content (AvgIpc) is 2.45. The Morgan fingerprint density at radius 2 is 1.90 bits per heavy atom. The van der Waals surface area contributed by atoms with Gasteiger partial charge >= 0.3 is 0 Å². The normalized spacial score (nSPS) is 11.5. The zero-order valence-corrected chi connectivity index (χ0v) is 12.6. The summed E-state index contributed by atoms with van der Waals surface area (Å²) < 4.78 is 19.2. The van der Waals surface area contributed by atoms with E-state index >= 15 is 0 Å². The molecule has 0 aliphatic heterocycles. The highest BCUT2D eigenvalue weighted by molar-refractivity contribution is 5.28. The highest BCUT2D eigenvalue weighted by Crippen LogP contribution is 2.24. The Labute approximate surface area is 124 Å². The molecule has 0 saturated heterocycles. The molecule has 0 atom stereocenters. The number of pyridine rings is 1. The van der Waals surface area contributed by atoms with Gasteiger partial charge in [-0.25, -0.2) is 9.37 Å². The molecule has 21 heavy (non-hydrogen) atoms. The molecule has 1 aromatic carbocycles. The molecule has 0 radical (unpaired) electrons. The standard InChI is InChI=1S/C17H20FNO2/c1-17(2,3)15-8-12(10-20)9-16(19-15)21-11-13-6-4-5-7-14(13)18/h4-9,20H,10-11H2,1-3H3. The first-order chi connectivity index (χ1) is 9.90. The Morgan fingerprint density at radius 1 is 1.19 bits per heavy atom. The quantitative estimate of drug-likeness (QED) is 0.935. The Hall–Kier alpha value is -1.94. The largest absolute Gasteiger partial charge is 0.473 e. The van der Waals surface area contributed by atoms with Crippen molar-refractivity contribution in [1.29, 1.82) is 0 Å². The van der Waals surface area contributed by atoms with Crippen LogP contribution in [0.15, 0.2) is 36.4 Å². The van der Waals surface area contributed by atoms with Crippen molar-refractivity contribution < 1.29 is 14.2 Å². The number of nitrogens with zero attached hydrogens (tertiary/aromatic N) is 1.